The van der Waals surface area contributed by atoms with Crippen LogP contribution in [0.4, 0.5) is 5.82 Å². The molecule has 1 unspecified atom stereocenters. The number of ether oxygens (including phenoxy) is 2. The quantitative estimate of drug-likeness (QED) is 0.848. The average Bonchev–Trinajstić information content (AvgIpc) is 2.46. The summed E-state index contributed by atoms with van der Waals surface area (Å²) in [5.41, 5.74) is 0.994. The summed E-state index contributed by atoms with van der Waals surface area (Å²) in [6, 6.07) is 11.2. The van der Waals surface area contributed by atoms with Gasteiger partial charge in [-0.3, -0.25) is 0 Å². The van der Waals surface area contributed by atoms with Gasteiger partial charge in [0.2, 0.25) is 0 Å². The van der Waals surface area contributed by atoms with Crippen molar-refractivity contribution < 1.29 is 9.47 Å². The van der Waals surface area contributed by atoms with Gasteiger partial charge in [0.05, 0.1) is 20.3 Å². The molecule has 0 bridgehead atoms. The number of anilines is 1. The van der Waals surface area contributed by atoms with Crippen LogP contribution >= 0.6 is 11.6 Å². The van der Waals surface area contributed by atoms with Crippen LogP contribution in [0.15, 0.2) is 36.4 Å². The topological polar surface area (TPSA) is 43.4 Å². The van der Waals surface area contributed by atoms with Gasteiger partial charge in [0, 0.05) is 5.56 Å². The maximum atomic E-state index is 5.88. The lowest BCUT2D eigenvalue weighted by molar-refractivity contribution is 0.397. The lowest BCUT2D eigenvalue weighted by Crippen LogP contribution is -2.09. The van der Waals surface area contributed by atoms with Gasteiger partial charge in [0.1, 0.15) is 22.5 Å². The van der Waals surface area contributed by atoms with Crippen molar-refractivity contribution in [2.75, 3.05) is 19.5 Å². The number of nitrogens with one attached hydrogen (secondary N) is 1. The maximum Gasteiger partial charge on any atom is 0.131 e. The first-order valence-corrected chi connectivity index (χ1v) is 6.63. The SMILES string of the molecule is COc1ccc(OC)c(C(C)Nc2cccc(Cl)n2)c1. The summed E-state index contributed by atoms with van der Waals surface area (Å²) in [6.07, 6.45) is 0. The Hall–Kier alpha value is -1.94. The molecule has 1 N–H and O–H groups in total. The largest absolute Gasteiger partial charge is 0.497 e. The highest BCUT2D eigenvalue weighted by Crippen LogP contribution is 2.31. The zero-order valence-electron chi connectivity index (χ0n) is 11.7. The molecular formula is C15H17ClN2O2. The molecule has 0 amide bonds. The van der Waals surface area contributed by atoms with Gasteiger partial charge in [-0.15, -0.1) is 0 Å². The summed E-state index contributed by atoms with van der Waals surface area (Å²) in [5.74, 6) is 2.30. The first-order chi connectivity index (χ1) is 9.63. The number of aromatic nitrogens is 1. The third-order valence-electron chi connectivity index (χ3n) is 2.98. The van der Waals surface area contributed by atoms with Crippen LogP contribution in [-0.2, 0) is 0 Å². The molecule has 0 aliphatic heterocycles. The van der Waals surface area contributed by atoms with Gasteiger partial charge in [-0.25, -0.2) is 4.98 Å². The van der Waals surface area contributed by atoms with Crippen LogP contribution in [0.1, 0.15) is 18.5 Å². The zero-order chi connectivity index (χ0) is 14.5. The van der Waals surface area contributed by atoms with Crippen molar-refractivity contribution in [3.8, 4) is 11.5 Å². The number of benzene rings is 1. The van der Waals surface area contributed by atoms with E-state index >= 15 is 0 Å². The fourth-order valence-corrected chi connectivity index (χ4v) is 2.13. The Morgan fingerprint density at radius 2 is 1.95 bits per heavy atom. The van der Waals surface area contributed by atoms with E-state index in [1.807, 2.05) is 37.3 Å². The molecule has 0 aliphatic carbocycles. The first-order valence-electron chi connectivity index (χ1n) is 6.25. The lowest BCUT2D eigenvalue weighted by Gasteiger charge is -2.18. The third kappa shape index (κ3) is 3.33. The van der Waals surface area contributed by atoms with E-state index in [1.54, 1.807) is 20.3 Å². The predicted molar refractivity (Wildman–Crippen MR) is 80.8 cm³/mol. The molecule has 4 nitrogen and oxygen atoms in total. The highest BCUT2D eigenvalue weighted by molar-refractivity contribution is 6.29. The second-order valence-corrected chi connectivity index (χ2v) is 4.71. The Labute approximate surface area is 123 Å². The van der Waals surface area contributed by atoms with Crippen LogP contribution in [0.3, 0.4) is 0 Å². The smallest absolute Gasteiger partial charge is 0.131 e. The van der Waals surface area contributed by atoms with Crippen molar-refractivity contribution in [3.05, 3.63) is 47.1 Å². The third-order valence-corrected chi connectivity index (χ3v) is 3.19. The van der Waals surface area contributed by atoms with E-state index in [2.05, 4.69) is 10.3 Å². The van der Waals surface area contributed by atoms with Crippen LogP contribution in [0.5, 0.6) is 11.5 Å². The Morgan fingerprint density at radius 1 is 1.15 bits per heavy atom. The standard InChI is InChI=1S/C15H17ClN2O2/c1-10(17-15-6-4-5-14(16)18-15)12-9-11(19-2)7-8-13(12)20-3/h4-10H,1-3H3,(H,17,18). The minimum absolute atomic E-state index is 0.00557. The van der Waals surface area contributed by atoms with Gasteiger partial charge in [0.15, 0.2) is 0 Å². The maximum absolute atomic E-state index is 5.88. The summed E-state index contributed by atoms with van der Waals surface area (Å²) in [4.78, 5) is 4.22. The van der Waals surface area contributed by atoms with Gasteiger partial charge in [-0.2, -0.15) is 0 Å². The van der Waals surface area contributed by atoms with E-state index in [0.29, 0.717) is 5.15 Å². The molecule has 1 atom stereocenters. The normalized spacial score (nSPS) is 11.8. The molecular weight excluding hydrogens is 276 g/mol. The molecule has 0 saturated carbocycles. The second kappa shape index (κ2) is 6.48. The highest BCUT2D eigenvalue weighted by atomic mass is 35.5. The van der Waals surface area contributed by atoms with Gasteiger partial charge < -0.3 is 14.8 Å². The van der Waals surface area contributed by atoms with Crippen LogP contribution in [0.25, 0.3) is 0 Å². The summed E-state index contributed by atoms with van der Waals surface area (Å²) in [7, 11) is 3.29. The monoisotopic (exact) mass is 292 g/mol. The number of halogens is 1. The van der Waals surface area contributed by atoms with E-state index in [4.69, 9.17) is 21.1 Å². The summed E-state index contributed by atoms with van der Waals surface area (Å²) in [5, 5.41) is 3.75. The Kier molecular flexibility index (Phi) is 4.69. The summed E-state index contributed by atoms with van der Waals surface area (Å²) in [6.45, 7) is 2.03. The number of rotatable bonds is 5. The minimum atomic E-state index is 0.00557. The number of pyridine rings is 1. The predicted octanol–water partition coefficient (Wildman–Crippen LogP) is 3.93. The molecule has 106 valence electrons. The van der Waals surface area contributed by atoms with Crippen molar-refractivity contribution in [1.82, 2.24) is 4.98 Å². The summed E-state index contributed by atoms with van der Waals surface area (Å²) >= 11 is 5.88. The van der Waals surface area contributed by atoms with E-state index in [-0.39, 0.29) is 6.04 Å². The van der Waals surface area contributed by atoms with Crippen LogP contribution < -0.4 is 14.8 Å². The molecule has 20 heavy (non-hydrogen) atoms. The molecule has 0 fully saturated rings. The average molecular weight is 293 g/mol. The Balaban J connectivity index is 2.25. The number of nitrogens with zero attached hydrogens (tertiary/aromatic N) is 1. The molecule has 0 aliphatic rings. The fraction of sp³-hybridized carbons (Fsp3) is 0.267. The Morgan fingerprint density at radius 3 is 2.60 bits per heavy atom. The van der Waals surface area contributed by atoms with Crippen LogP contribution in [0, 0.1) is 0 Å². The van der Waals surface area contributed by atoms with Crippen LogP contribution in [0.2, 0.25) is 5.15 Å². The number of methoxy groups -OCH3 is 2. The van der Waals surface area contributed by atoms with Crippen molar-refractivity contribution in [2.45, 2.75) is 13.0 Å². The van der Waals surface area contributed by atoms with Crippen LogP contribution in [-0.4, -0.2) is 19.2 Å². The molecule has 5 heteroatoms. The molecule has 1 heterocycles. The van der Waals surface area contributed by atoms with Gasteiger partial charge in [-0.05, 0) is 37.3 Å². The molecule has 2 aromatic rings. The van der Waals surface area contributed by atoms with Gasteiger partial charge in [0.25, 0.3) is 0 Å². The Bertz CT molecular complexity index is 590. The molecule has 0 radical (unpaired) electrons. The molecule has 0 saturated heterocycles. The van der Waals surface area contributed by atoms with Crippen molar-refractivity contribution in [3.63, 3.8) is 0 Å². The highest BCUT2D eigenvalue weighted by Gasteiger charge is 2.13. The molecule has 2 rings (SSSR count). The number of hydrogen-bond donors (Lipinski definition) is 1. The lowest BCUT2D eigenvalue weighted by atomic mass is 10.1. The molecule has 1 aromatic heterocycles. The molecule has 1 aromatic carbocycles. The fourth-order valence-electron chi connectivity index (χ4n) is 1.97. The van der Waals surface area contributed by atoms with E-state index in [0.717, 1.165) is 22.9 Å². The first kappa shape index (κ1) is 14.5. The summed E-state index contributed by atoms with van der Waals surface area (Å²) < 4.78 is 10.6. The molecule has 0 spiro atoms. The van der Waals surface area contributed by atoms with E-state index in [9.17, 15) is 0 Å². The van der Waals surface area contributed by atoms with Crippen molar-refractivity contribution in [2.24, 2.45) is 0 Å². The minimum Gasteiger partial charge on any atom is -0.497 e. The zero-order valence-corrected chi connectivity index (χ0v) is 12.4. The van der Waals surface area contributed by atoms with Gasteiger partial charge in [-0.1, -0.05) is 17.7 Å². The van der Waals surface area contributed by atoms with E-state index < -0.39 is 0 Å². The second-order valence-electron chi connectivity index (χ2n) is 4.32. The number of hydrogen-bond acceptors (Lipinski definition) is 4. The van der Waals surface area contributed by atoms with Crippen molar-refractivity contribution >= 4 is 17.4 Å². The van der Waals surface area contributed by atoms with Gasteiger partial charge >= 0.3 is 0 Å². The van der Waals surface area contributed by atoms with E-state index in [1.165, 1.54) is 0 Å². The van der Waals surface area contributed by atoms with Crippen molar-refractivity contribution in [1.29, 1.82) is 0 Å².